The summed E-state index contributed by atoms with van der Waals surface area (Å²) >= 11 is 1.30. The van der Waals surface area contributed by atoms with Gasteiger partial charge in [-0.2, -0.15) is 5.10 Å². The van der Waals surface area contributed by atoms with Gasteiger partial charge in [0.2, 0.25) is 5.91 Å². The molecule has 0 fully saturated rings. The van der Waals surface area contributed by atoms with Gasteiger partial charge in [-0.25, -0.2) is 13.8 Å². The normalized spacial score (nSPS) is 22.6. The monoisotopic (exact) mass is 431 g/mol. The molecule has 0 bridgehead atoms. The predicted molar refractivity (Wildman–Crippen MR) is 113 cm³/mol. The Morgan fingerprint density at radius 2 is 2.13 bits per heavy atom. The summed E-state index contributed by atoms with van der Waals surface area (Å²) in [4.78, 5) is 11.8. The number of rotatable bonds is 5. The van der Waals surface area contributed by atoms with Crippen molar-refractivity contribution in [3.63, 3.8) is 0 Å². The molecule has 1 N–H and O–H groups in total. The maximum absolute atomic E-state index is 14.5. The zero-order valence-corrected chi connectivity index (χ0v) is 17.6. The van der Waals surface area contributed by atoms with Crippen LogP contribution < -0.4 is 10.1 Å². The van der Waals surface area contributed by atoms with Gasteiger partial charge in [0.05, 0.1) is 6.61 Å². The van der Waals surface area contributed by atoms with Gasteiger partial charge < -0.3 is 10.1 Å². The van der Waals surface area contributed by atoms with Crippen LogP contribution in [0.15, 0.2) is 47.6 Å². The van der Waals surface area contributed by atoms with Gasteiger partial charge in [0.1, 0.15) is 22.4 Å². The quantitative estimate of drug-likeness (QED) is 0.725. The number of thioether (sulfide) groups is 1. The van der Waals surface area contributed by atoms with E-state index in [-0.39, 0.29) is 22.4 Å². The van der Waals surface area contributed by atoms with Crippen LogP contribution in [0, 0.1) is 17.6 Å². The summed E-state index contributed by atoms with van der Waals surface area (Å²) in [7, 11) is 0. The molecule has 0 aliphatic carbocycles. The van der Waals surface area contributed by atoms with Gasteiger partial charge >= 0.3 is 0 Å². The number of carbonyl (C=O) groups excluding carboxylic acids is 1. The van der Waals surface area contributed by atoms with Gasteiger partial charge in [0.25, 0.3) is 0 Å². The van der Waals surface area contributed by atoms with Crippen LogP contribution in [0.1, 0.15) is 31.4 Å². The molecular formula is C22H23F2N3O2S. The van der Waals surface area contributed by atoms with Crippen molar-refractivity contribution >= 4 is 22.7 Å². The lowest BCUT2D eigenvalue weighted by Crippen LogP contribution is -2.51. The molecule has 2 unspecified atom stereocenters. The number of amides is 1. The van der Waals surface area contributed by atoms with Crippen LogP contribution in [0.25, 0.3) is 0 Å². The van der Waals surface area contributed by atoms with E-state index in [1.54, 1.807) is 0 Å². The summed E-state index contributed by atoms with van der Waals surface area (Å²) in [6.07, 6.45) is 0.730. The van der Waals surface area contributed by atoms with Crippen molar-refractivity contribution in [2.45, 2.75) is 25.1 Å². The summed E-state index contributed by atoms with van der Waals surface area (Å²) in [5, 5.41) is 9.52. The molecule has 2 aliphatic heterocycles. The van der Waals surface area contributed by atoms with Crippen molar-refractivity contribution in [1.82, 2.24) is 10.3 Å². The molecule has 0 aromatic heterocycles. The second-order valence-electron chi connectivity index (χ2n) is 7.30. The highest BCUT2D eigenvalue weighted by molar-refractivity contribution is 8.15. The average molecular weight is 432 g/mol. The fraction of sp³-hybridized carbons (Fsp3) is 0.364. The van der Waals surface area contributed by atoms with E-state index in [4.69, 9.17) is 4.74 Å². The minimum atomic E-state index is -0.885. The van der Waals surface area contributed by atoms with E-state index >= 15 is 0 Å². The van der Waals surface area contributed by atoms with Crippen molar-refractivity contribution in [3.05, 3.63) is 65.2 Å². The van der Waals surface area contributed by atoms with Crippen molar-refractivity contribution in [2.24, 2.45) is 11.0 Å². The Morgan fingerprint density at radius 3 is 2.90 bits per heavy atom. The molecular weight excluding hydrogens is 408 g/mol. The van der Waals surface area contributed by atoms with Crippen molar-refractivity contribution in [3.8, 4) is 5.75 Å². The molecule has 4 rings (SSSR count). The maximum Gasteiger partial charge on any atom is 0.241 e. The Hall–Kier alpha value is -2.45. The maximum atomic E-state index is 14.5. The smallest absolute Gasteiger partial charge is 0.241 e. The minimum absolute atomic E-state index is 0.0533. The molecule has 1 spiro atoms. The number of para-hydroxylation sites is 1. The van der Waals surface area contributed by atoms with Crippen LogP contribution in [0.3, 0.4) is 0 Å². The summed E-state index contributed by atoms with van der Waals surface area (Å²) in [6.45, 7) is 5.44. The van der Waals surface area contributed by atoms with Crippen molar-refractivity contribution < 1.29 is 18.3 Å². The van der Waals surface area contributed by atoms with Crippen LogP contribution in [0.4, 0.5) is 8.78 Å². The van der Waals surface area contributed by atoms with Crippen LogP contribution in [-0.2, 0) is 9.67 Å². The molecule has 158 valence electrons. The average Bonchev–Trinajstić information content (AvgIpc) is 3.13. The number of halogens is 2. The first kappa shape index (κ1) is 20.8. The molecule has 2 atom stereocenters. The number of carbonyl (C=O) groups is 1. The first-order chi connectivity index (χ1) is 14.5. The first-order valence-corrected chi connectivity index (χ1v) is 10.8. The second kappa shape index (κ2) is 8.35. The molecule has 2 aliphatic rings. The number of nitrogens with one attached hydrogen (secondary N) is 1. The molecule has 5 nitrogen and oxygen atoms in total. The van der Waals surface area contributed by atoms with E-state index < -0.39 is 16.5 Å². The summed E-state index contributed by atoms with van der Waals surface area (Å²) in [6, 6.07) is 10.8. The van der Waals surface area contributed by atoms with Crippen LogP contribution in [-0.4, -0.2) is 35.7 Å². The van der Waals surface area contributed by atoms with E-state index in [9.17, 15) is 13.6 Å². The molecule has 0 saturated carbocycles. The number of hydrazone groups is 1. The summed E-state index contributed by atoms with van der Waals surface area (Å²) in [5.74, 6) is -0.821. The lowest BCUT2D eigenvalue weighted by Gasteiger charge is -2.45. The SMILES string of the molecule is CCNCCC1COc2ccccc2C12SC(c1cc(F)ccc1F)=NN2C(C)=O. The number of hydrogen-bond acceptors (Lipinski definition) is 5. The summed E-state index contributed by atoms with van der Waals surface area (Å²) in [5.41, 5.74) is 0.867. The zero-order valence-electron chi connectivity index (χ0n) is 16.8. The van der Waals surface area contributed by atoms with E-state index in [0.29, 0.717) is 12.4 Å². The standard InChI is InChI=1S/C22H23F2N3O2S/c1-3-25-11-10-15-13-29-20-7-5-4-6-18(20)22(15)27(14(2)28)26-21(30-22)17-12-16(23)8-9-19(17)24/h4-9,12,15,25H,3,10-11,13H2,1-2H3. The number of nitrogens with zero attached hydrogens (tertiary/aromatic N) is 2. The largest absolute Gasteiger partial charge is 0.493 e. The van der Waals surface area contributed by atoms with Gasteiger partial charge in [-0.15, -0.1) is 0 Å². The highest BCUT2D eigenvalue weighted by Gasteiger charge is 2.56. The zero-order chi connectivity index (χ0) is 21.3. The number of ether oxygens (including phenoxy) is 1. The molecule has 2 aromatic carbocycles. The molecule has 0 saturated heterocycles. The lowest BCUT2D eigenvalue weighted by atomic mass is 9.86. The Bertz CT molecular complexity index is 1000. The van der Waals surface area contributed by atoms with Gasteiger partial charge in [0.15, 0.2) is 4.87 Å². The van der Waals surface area contributed by atoms with E-state index in [0.717, 1.165) is 43.3 Å². The molecule has 2 aromatic rings. The molecule has 2 heterocycles. The van der Waals surface area contributed by atoms with E-state index in [2.05, 4.69) is 10.4 Å². The van der Waals surface area contributed by atoms with Crippen molar-refractivity contribution in [1.29, 1.82) is 0 Å². The third kappa shape index (κ3) is 3.48. The fourth-order valence-electron chi connectivity index (χ4n) is 4.02. The molecule has 1 amide bonds. The highest BCUT2D eigenvalue weighted by atomic mass is 32.2. The van der Waals surface area contributed by atoms with Crippen molar-refractivity contribution in [2.75, 3.05) is 19.7 Å². The van der Waals surface area contributed by atoms with Crippen LogP contribution in [0.2, 0.25) is 0 Å². The Labute approximate surface area is 178 Å². The second-order valence-corrected chi connectivity index (χ2v) is 8.52. The Morgan fingerprint density at radius 1 is 1.33 bits per heavy atom. The number of hydrogen-bond donors (Lipinski definition) is 1. The highest BCUT2D eigenvalue weighted by Crippen LogP contribution is 2.57. The third-order valence-electron chi connectivity index (χ3n) is 5.40. The fourth-order valence-corrected chi connectivity index (χ4v) is 5.59. The van der Waals surface area contributed by atoms with Gasteiger partial charge in [-0.1, -0.05) is 36.9 Å². The number of fused-ring (bicyclic) bond motifs is 2. The Balaban J connectivity index is 1.83. The predicted octanol–water partition coefficient (Wildman–Crippen LogP) is 4.08. The summed E-state index contributed by atoms with van der Waals surface area (Å²) < 4.78 is 34.4. The minimum Gasteiger partial charge on any atom is -0.493 e. The Kier molecular flexibility index (Phi) is 5.79. The van der Waals surface area contributed by atoms with E-state index in [1.807, 2.05) is 31.2 Å². The molecule has 8 heteroatoms. The van der Waals surface area contributed by atoms with Gasteiger partial charge in [-0.3, -0.25) is 4.79 Å². The number of benzene rings is 2. The van der Waals surface area contributed by atoms with Gasteiger partial charge in [0, 0.05) is 24.0 Å². The van der Waals surface area contributed by atoms with Gasteiger partial charge in [-0.05, 0) is 43.8 Å². The van der Waals surface area contributed by atoms with Crippen LogP contribution in [0.5, 0.6) is 5.75 Å². The van der Waals surface area contributed by atoms with E-state index in [1.165, 1.54) is 23.7 Å². The molecule has 30 heavy (non-hydrogen) atoms. The first-order valence-electron chi connectivity index (χ1n) is 9.94. The molecule has 0 radical (unpaired) electrons. The lowest BCUT2D eigenvalue weighted by molar-refractivity contribution is -0.134. The topological polar surface area (TPSA) is 53.9 Å². The van der Waals surface area contributed by atoms with Crippen LogP contribution >= 0.6 is 11.8 Å². The third-order valence-corrected chi connectivity index (χ3v) is 6.93.